The minimum absolute atomic E-state index is 0.422. The van der Waals surface area contributed by atoms with Gasteiger partial charge < -0.3 is 9.47 Å². The molecule has 4 aromatic rings. The van der Waals surface area contributed by atoms with Gasteiger partial charge in [0.2, 0.25) is 0 Å². The van der Waals surface area contributed by atoms with Crippen LogP contribution in [0.3, 0.4) is 0 Å². The number of ether oxygens (including phenoxy) is 2. The zero-order valence-corrected chi connectivity index (χ0v) is 29.3. The molecule has 0 unspecified atom stereocenters. The first-order valence-electron chi connectivity index (χ1n) is 18.0. The van der Waals surface area contributed by atoms with Crippen molar-refractivity contribution >= 4 is 17.6 Å². The van der Waals surface area contributed by atoms with Crippen LogP contribution >= 0.6 is 11.6 Å². The number of unbranched alkanes of at least 4 members (excludes halogenated alkanes) is 12. The highest BCUT2D eigenvalue weighted by Gasteiger charge is 2.13. The molecule has 47 heavy (non-hydrogen) atoms. The van der Waals surface area contributed by atoms with Crippen molar-refractivity contribution in [3.8, 4) is 33.8 Å². The third-order valence-electron chi connectivity index (χ3n) is 8.81. The molecule has 0 radical (unpaired) electrons. The zero-order valence-electron chi connectivity index (χ0n) is 28.6. The van der Waals surface area contributed by atoms with E-state index in [1.165, 1.54) is 89.0 Å². The second-order valence-electron chi connectivity index (χ2n) is 12.7. The Morgan fingerprint density at radius 2 is 1.06 bits per heavy atom. The summed E-state index contributed by atoms with van der Waals surface area (Å²) in [5.41, 5.74) is 5.85. The van der Waals surface area contributed by atoms with Crippen molar-refractivity contribution in [2.75, 3.05) is 6.61 Å². The Morgan fingerprint density at radius 3 is 1.64 bits per heavy atom. The fraction of sp³-hybridized carbons (Fsp3) is 0.419. The molecule has 4 aromatic carbocycles. The van der Waals surface area contributed by atoms with E-state index in [-0.39, 0.29) is 0 Å². The van der Waals surface area contributed by atoms with E-state index in [9.17, 15) is 4.79 Å². The van der Waals surface area contributed by atoms with Crippen molar-refractivity contribution in [2.45, 2.75) is 110 Å². The first-order chi connectivity index (χ1) is 23.1. The highest BCUT2D eigenvalue weighted by molar-refractivity contribution is 6.33. The molecule has 3 nitrogen and oxygen atoms in total. The predicted molar refractivity (Wildman–Crippen MR) is 199 cm³/mol. The summed E-state index contributed by atoms with van der Waals surface area (Å²) in [6.07, 6.45) is 19.3. The lowest BCUT2D eigenvalue weighted by Crippen LogP contribution is -2.08. The van der Waals surface area contributed by atoms with E-state index in [4.69, 9.17) is 21.1 Å². The Labute approximate surface area is 288 Å². The third-order valence-corrected chi connectivity index (χ3v) is 9.12. The lowest BCUT2D eigenvalue weighted by Gasteiger charge is -2.10. The van der Waals surface area contributed by atoms with Gasteiger partial charge in [-0.25, -0.2) is 4.79 Å². The normalized spacial score (nSPS) is 11.0. The summed E-state index contributed by atoms with van der Waals surface area (Å²) in [4.78, 5) is 12.9. The maximum absolute atomic E-state index is 12.9. The molecule has 4 heteroatoms. The molecule has 0 fully saturated rings. The van der Waals surface area contributed by atoms with E-state index in [1.807, 2.05) is 42.5 Å². The standard InChI is InChI=1S/C43H53ClO3/c1-3-5-7-9-11-13-15-17-34-18-20-37(21-19-34)41-31-26-38(33-42(41)44)43(45)47-40-29-24-36(25-30-40)35-22-27-39(28-23-35)46-32-16-14-12-10-8-6-4-2/h18-31,33H,3-17,32H2,1-2H3. The maximum atomic E-state index is 12.9. The van der Waals surface area contributed by atoms with Gasteiger partial charge in [-0.1, -0.05) is 157 Å². The van der Waals surface area contributed by atoms with E-state index in [2.05, 4.69) is 50.2 Å². The van der Waals surface area contributed by atoms with Gasteiger partial charge in [-0.3, -0.25) is 0 Å². The van der Waals surface area contributed by atoms with Crippen molar-refractivity contribution in [3.63, 3.8) is 0 Å². The summed E-state index contributed by atoms with van der Waals surface area (Å²) in [5, 5.41) is 0.532. The van der Waals surface area contributed by atoms with Gasteiger partial charge in [0, 0.05) is 10.6 Å². The lowest BCUT2D eigenvalue weighted by molar-refractivity contribution is 0.0735. The number of rotatable bonds is 21. The Hall–Kier alpha value is -3.56. The molecule has 0 atom stereocenters. The van der Waals surface area contributed by atoms with E-state index in [1.54, 1.807) is 12.1 Å². The minimum atomic E-state index is -0.432. The number of carbonyl (C=O) groups excluding carboxylic acids is 1. The minimum Gasteiger partial charge on any atom is -0.494 e. The van der Waals surface area contributed by atoms with Crippen LogP contribution in [0.4, 0.5) is 0 Å². The summed E-state index contributed by atoms with van der Waals surface area (Å²) in [5.74, 6) is 0.953. The molecule has 0 aliphatic carbocycles. The van der Waals surface area contributed by atoms with Crippen molar-refractivity contribution in [2.24, 2.45) is 0 Å². The molecule has 0 N–H and O–H groups in total. The van der Waals surface area contributed by atoms with Crippen LogP contribution in [0.2, 0.25) is 5.02 Å². The predicted octanol–water partition coefficient (Wildman–Crippen LogP) is 13.3. The third kappa shape index (κ3) is 12.5. The van der Waals surface area contributed by atoms with Crippen LogP contribution in [-0.2, 0) is 6.42 Å². The Morgan fingerprint density at radius 1 is 0.553 bits per heavy atom. The average Bonchev–Trinajstić information content (AvgIpc) is 3.10. The van der Waals surface area contributed by atoms with Crippen molar-refractivity contribution in [3.05, 3.63) is 107 Å². The van der Waals surface area contributed by atoms with E-state index in [0.717, 1.165) is 47.5 Å². The second-order valence-corrected chi connectivity index (χ2v) is 13.1. The molecule has 0 spiro atoms. The molecular formula is C43H53ClO3. The van der Waals surface area contributed by atoms with Crippen LogP contribution in [0.15, 0.2) is 91.0 Å². The maximum Gasteiger partial charge on any atom is 0.343 e. The summed E-state index contributed by atoms with van der Waals surface area (Å²) in [6.45, 7) is 5.27. The largest absolute Gasteiger partial charge is 0.494 e. The van der Waals surface area contributed by atoms with Gasteiger partial charge in [0.05, 0.1) is 12.2 Å². The number of aryl methyl sites for hydroxylation is 1. The average molecular weight is 653 g/mol. The summed E-state index contributed by atoms with van der Waals surface area (Å²) >= 11 is 6.65. The molecule has 0 amide bonds. The number of hydrogen-bond donors (Lipinski definition) is 0. The molecule has 0 aliphatic heterocycles. The molecule has 0 aliphatic rings. The topological polar surface area (TPSA) is 35.5 Å². The quantitative estimate of drug-likeness (QED) is 0.0510. The summed E-state index contributed by atoms with van der Waals surface area (Å²) < 4.78 is 11.6. The van der Waals surface area contributed by atoms with Gasteiger partial charge in [-0.05, 0) is 77.9 Å². The first-order valence-corrected chi connectivity index (χ1v) is 18.4. The van der Waals surface area contributed by atoms with Crippen molar-refractivity contribution < 1.29 is 14.3 Å². The Balaban J connectivity index is 1.22. The van der Waals surface area contributed by atoms with Gasteiger partial charge in [-0.2, -0.15) is 0 Å². The van der Waals surface area contributed by atoms with E-state index < -0.39 is 5.97 Å². The van der Waals surface area contributed by atoms with Crippen LogP contribution in [-0.4, -0.2) is 12.6 Å². The first kappa shape index (κ1) is 36.3. The molecule has 250 valence electrons. The SMILES string of the molecule is CCCCCCCCCOc1ccc(-c2ccc(OC(=O)c3ccc(-c4ccc(CCCCCCCCC)cc4)c(Cl)c3)cc2)cc1. The van der Waals surface area contributed by atoms with Gasteiger partial charge in [0.1, 0.15) is 11.5 Å². The van der Waals surface area contributed by atoms with Gasteiger partial charge in [0.25, 0.3) is 0 Å². The van der Waals surface area contributed by atoms with Crippen molar-refractivity contribution in [1.82, 2.24) is 0 Å². The summed E-state index contributed by atoms with van der Waals surface area (Å²) in [6, 6.07) is 29.7. The monoisotopic (exact) mass is 652 g/mol. The number of hydrogen-bond acceptors (Lipinski definition) is 3. The van der Waals surface area contributed by atoms with Gasteiger partial charge in [-0.15, -0.1) is 0 Å². The molecule has 0 heterocycles. The Bertz CT molecular complexity index is 1460. The molecular weight excluding hydrogens is 600 g/mol. The molecule has 0 aromatic heterocycles. The highest BCUT2D eigenvalue weighted by atomic mass is 35.5. The second kappa shape index (κ2) is 20.6. The van der Waals surface area contributed by atoms with Crippen LogP contribution in [0.1, 0.15) is 120 Å². The highest BCUT2D eigenvalue weighted by Crippen LogP contribution is 2.30. The number of carbonyl (C=O) groups is 1. The van der Waals surface area contributed by atoms with Crippen LogP contribution in [0.25, 0.3) is 22.3 Å². The van der Waals surface area contributed by atoms with Crippen LogP contribution < -0.4 is 9.47 Å². The molecule has 0 saturated heterocycles. The Kier molecular flexibility index (Phi) is 15.9. The number of benzene rings is 4. The number of esters is 1. The van der Waals surface area contributed by atoms with Crippen LogP contribution in [0, 0.1) is 0 Å². The number of halogens is 1. The van der Waals surface area contributed by atoms with Crippen molar-refractivity contribution in [1.29, 1.82) is 0 Å². The summed E-state index contributed by atoms with van der Waals surface area (Å²) in [7, 11) is 0. The fourth-order valence-corrected chi connectivity index (χ4v) is 6.18. The smallest absolute Gasteiger partial charge is 0.343 e. The van der Waals surface area contributed by atoms with Gasteiger partial charge >= 0.3 is 5.97 Å². The fourth-order valence-electron chi connectivity index (χ4n) is 5.89. The van der Waals surface area contributed by atoms with E-state index in [0.29, 0.717) is 16.3 Å². The van der Waals surface area contributed by atoms with E-state index >= 15 is 0 Å². The lowest BCUT2D eigenvalue weighted by atomic mass is 10.00. The molecule has 0 bridgehead atoms. The zero-order chi connectivity index (χ0) is 33.1. The molecule has 4 rings (SSSR count). The van der Waals surface area contributed by atoms with Gasteiger partial charge in [0.15, 0.2) is 0 Å². The molecule has 0 saturated carbocycles. The van der Waals surface area contributed by atoms with Crippen LogP contribution in [0.5, 0.6) is 11.5 Å².